The van der Waals surface area contributed by atoms with Gasteiger partial charge in [0.15, 0.2) is 5.16 Å². The van der Waals surface area contributed by atoms with Crippen LogP contribution in [0.1, 0.15) is 18.7 Å². The molecule has 1 aromatic carbocycles. The van der Waals surface area contributed by atoms with Crippen molar-refractivity contribution in [2.24, 2.45) is 0 Å². The van der Waals surface area contributed by atoms with Crippen LogP contribution < -0.4 is 5.32 Å². The fraction of sp³-hybridized carbons (Fsp3) is 0.368. The molecule has 2 aromatic heterocycles. The molecule has 2 heterocycles. The highest BCUT2D eigenvalue weighted by Gasteiger charge is 2.18. The van der Waals surface area contributed by atoms with Crippen molar-refractivity contribution in [3.63, 3.8) is 0 Å². The van der Waals surface area contributed by atoms with Crippen LogP contribution in [0.3, 0.4) is 0 Å². The third-order valence-corrected chi connectivity index (χ3v) is 5.23. The molecule has 1 amide bonds. The molecule has 0 aliphatic heterocycles. The zero-order chi connectivity index (χ0) is 18.5. The molecular formula is C19H24N4O2S. The number of aromatic nitrogens is 2. The molecule has 0 aliphatic rings. The van der Waals surface area contributed by atoms with Crippen molar-refractivity contribution in [1.29, 1.82) is 0 Å². The Balaban J connectivity index is 1.59. The SMILES string of the molecule is CCn1c(SCC(=O)NCC(c2ccco2)N(C)C)nc2ccccc21. The number of nitrogens with one attached hydrogen (secondary N) is 1. The molecule has 26 heavy (non-hydrogen) atoms. The average Bonchev–Trinajstić information content (AvgIpc) is 3.27. The Morgan fingerprint density at radius 1 is 1.31 bits per heavy atom. The van der Waals surface area contributed by atoms with Crippen molar-refractivity contribution in [2.45, 2.75) is 24.7 Å². The summed E-state index contributed by atoms with van der Waals surface area (Å²) in [7, 11) is 3.94. The molecule has 0 fully saturated rings. The molecule has 1 unspecified atom stereocenters. The number of thioether (sulfide) groups is 1. The molecule has 3 aromatic rings. The number of fused-ring (bicyclic) bond motifs is 1. The maximum absolute atomic E-state index is 12.3. The van der Waals surface area contributed by atoms with E-state index in [-0.39, 0.29) is 11.9 Å². The molecule has 0 saturated heterocycles. The van der Waals surface area contributed by atoms with Crippen LogP contribution in [0.4, 0.5) is 0 Å². The smallest absolute Gasteiger partial charge is 0.230 e. The van der Waals surface area contributed by atoms with Gasteiger partial charge in [0.25, 0.3) is 0 Å². The normalized spacial score (nSPS) is 12.6. The zero-order valence-corrected chi connectivity index (χ0v) is 16.1. The minimum atomic E-state index is -0.0110. The van der Waals surface area contributed by atoms with Gasteiger partial charge in [0.2, 0.25) is 5.91 Å². The summed E-state index contributed by atoms with van der Waals surface area (Å²) in [5, 5.41) is 3.87. The Bertz CT molecular complexity index is 858. The van der Waals surface area contributed by atoms with Crippen molar-refractivity contribution in [2.75, 3.05) is 26.4 Å². The molecular weight excluding hydrogens is 348 g/mol. The number of amides is 1. The Labute approximate surface area is 157 Å². The number of aryl methyl sites for hydroxylation is 1. The molecule has 0 aliphatic carbocycles. The van der Waals surface area contributed by atoms with Crippen LogP contribution in [0.15, 0.2) is 52.2 Å². The molecule has 0 bridgehead atoms. The topological polar surface area (TPSA) is 63.3 Å². The molecule has 3 rings (SSSR count). The second-order valence-corrected chi connectivity index (χ2v) is 7.16. The van der Waals surface area contributed by atoms with E-state index in [1.165, 1.54) is 11.8 Å². The highest BCUT2D eigenvalue weighted by atomic mass is 32.2. The van der Waals surface area contributed by atoms with E-state index in [0.29, 0.717) is 12.3 Å². The molecule has 7 heteroatoms. The number of likely N-dealkylation sites (N-methyl/N-ethyl adjacent to an activating group) is 1. The Morgan fingerprint density at radius 2 is 2.12 bits per heavy atom. The number of carbonyl (C=O) groups excluding carboxylic acids is 1. The summed E-state index contributed by atoms with van der Waals surface area (Å²) in [6.07, 6.45) is 1.65. The lowest BCUT2D eigenvalue weighted by Crippen LogP contribution is -2.35. The van der Waals surface area contributed by atoms with Gasteiger partial charge in [-0.05, 0) is 45.3 Å². The third kappa shape index (κ3) is 4.11. The van der Waals surface area contributed by atoms with E-state index in [0.717, 1.165) is 28.5 Å². The van der Waals surface area contributed by atoms with E-state index in [2.05, 4.69) is 27.9 Å². The van der Waals surface area contributed by atoms with E-state index in [4.69, 9.17) is 4.42 Å². The van der Waals surface area contributed by atoms with Crippen molar-refractivity contribution >= 4 is 28.7 Å². The predicted molar refractivity (Wildman–Crippen MR) is 104 cm³/mol. The van der Waals surface area contributed by atoms with Crippen molar-refractivity contribution in [1.82, 2.24) is 19.8 Å². The monoisotopic (exact) mass is 372 g/mol. The maximum atomic E-state index is 12.3. The molecule has 1 atom stereocenters. The number of benzene rings is 1. The van der Waals surface area contributed by atoms with Gasteiger partial charge in [-0.25, -0.2) is 4.98 Å². The Hall–Kier alpha value is -2.25. The van der Waals surface area contributed by atoms with Crippen LogP contribution >= 0.6 is 11.8 Å². The number of hydrogen-bond acceptors (Lipinski definition) is 5. The zero-order valence-electron chi connectivity index (χ0n) is 15.3. The lowest BCUT2D eigenvalue weighted by atomic mass is 10.2. The summed E-state index contributed by atoms with van der Waals surface area (Å²) in [6, 6.07) is 11.8. The standard InChI is InChI=1S/C19H24N4O2S/c1-4-23-15-9-6-5-8-14(15)21-19(23)26-13-18(24)20-12-16(22(2)3)17-10-7-11-25-17/h5-11,16H,4,12-13H2,1-3H3,(H,20,24). The molecule has 1 N–H and O–H groups in total. The van der Waals surface area contributed by atoms with Gasteiger partial charge in [0.05, 0.1) is 29.1 Å². The van der Waals surface area contributed by atoms with Gasteiger partial charge in [-0.15, -0.1) is 0 Å². The van der Waals surface area contributed by atoms with Gasteiger partial charge in [-0.2, -0.15) is 0 Å². The average molecular weight is 372 g/mol. The number of rotatable bonds is 8. The maximum Gasteiger partial charge on any atom is 0.230 e. The number of imidazole rings is 1. The Morgan fingerprint density at radius 3 is 2.81 bits per heavy atom. The van der Waals surface area contributed by atoms with Crippen molar-refractivity contribution < 1.29 is 9.21 Å². The number of carbonyl (C=O) groups is 1. The van der Waals surface area contributed by atoms with Gasteiger partial charge in [-0.1, -0.05) is 23.9 Å². The summed E-state index contributed by atoms with van der Waals surface area (Å²) in [4.78, 5) is 19.0. The summed E-state index contributed by atoms with van der Waals surface area (Å²) < 4.78 is 7.61. The van der Waals surface area contributed by atoms with Crippen LogP contribution in [0, 0.1) is 0 Å². The first kappa shape index (κ1) is 18.5. The van der Waals surface area contributed by atoms with Gasteiger partial charge in [-0.3, -0.25) is 9.69 Å². The van der Waals surface area contributed by atoms with E-state index in [1.54, 1.807) is 6.26 Å². The van der Waals surface area contributed by atoms with E-state index < -0.39 is 0 Å². The number of furan rings is 1. The number of nitrogens with zero attached hydrogens (tertiary/aromatic N) is 3. The first-order chi connectivity index (χ1) is 12.6. The number of hydrogen-bond donors (Lipinski definition) is 1. The van der Waals surface area contributed by atoms with Gasteiger partial charge >= 0.3 is 0 Å². The molecule has 0 spiro atoms. The molecule has 138 valence electrons. The second kappa shape index (κ2) is 8.42. The van der Waals surface area contributed by atoms with Crippen LogP contribution in [-0.2, 0) is 11.3 Å². The predicted octanol–water partition coefficient (Wildman–Crippen LogP) is 3.16. The summed E-state index contributed by atoms with van der Waals surface area (Å²) in [5.74, 6) is 1.17. The van der Waals surface area contributed by atoms with Crippen molar-refractivity contribution in [3.05, 3.63) is 48.4 Å². The van der Waals surface area contributed by atoms with Crippen LogP contribution in [0.25, 0.3) is 11.0 Å². The summed E-state index contributed by atoms with van der Waals surface area (Å²) in [5.41, 5.74) is 2.06. The van der Waals surface area contributed by atoms with Gasteiger partial charge in [0, 0.05) is 13.1 Å². The fourth-order valence-electron chi connectivity index (χ4n) is 2.88. The van der Waals surface area contributed by atoms with Crippen LogP contribution in [0.5, 0.6) is 0 Å². The van der Waals surface area contributed by atoms with Gasteiger partial charge < -0.3 is 14.3 Å². The lowest BCUT2D eigenvalue weighted by molar-refractivity contribution is -0.118. The highest BCUT2D eigenvalue weighted by Crippen LogP contribution is 2.24. The van der Waals surface area contributed by atoms with Crippen molar-refractivity contribution in [3.8, 4) is 0 Å². The fourth-order valence-corrected chi connectivity index (χ4v) is 3.79. The van der Waals surface area contributed by atoms with E-state index >= 15 is 0 Å². The quantitative estimate of drug-likeness (QED) is 0.616. The Kier molecular flexibility index (Phi) is 6.00. The highest BCUT2D eigenvalue weighted by molar-refractivity contribution is 7.99. The summed E-state index contributed by atoms with van der Waals surface area (Å²) in [6.45, 7) is 3.42. The summed E-state index contributed by atoms with van der Waals surface area (Å²) >= 11 is 1.47. The van der Waals surface area contributed by atoms with E-state index in [9.17, 15) is 4.79 Å². The minimum absolute atomic E-state index is 0.0110. The van der Waals surface area contributed by atoms with Crippen LogP contribution in [0.2, 0.25) is 0 Å². The van der Waals surface area contributed by atoms with E-state index in [1.807, 2.05) is 49.3 Å². The molecule has 0 saturated carbocycles. The largest absolute Gasteiger partial charge is 0.468 e. The first-order valence-electron chi connectivity index (χ1n) is 8.64. The van der Waals surface area contributed by atoms with Crippen LogP contribution in [-0.4, -0.2) is 46.8 Å². The first-order valence-corrected chi connectivity index (χ1v) is 9.63. The molecule has 0 radical (unpaired) electrons. The second-order valence-electron chi connectivity index (χ2n) is 6.21. The molecule has 6 nitrogen and oxygen atoms in total. The minimum Gasteiger partial charge on any atom is -0.468 e. The van der Waals surface area contributed by atoms with Gasteiger partial charge in [0.1, 0.15) is 5.76 Å². The third-order valence-electron chi connectivity index (χ3n) is 4.26. The lowest BCUT2D eigenvalue weighted by Gasteiger charge is -2.22. The number of para-hydroxylation sites is 2.